The van der Waals surface area contributed by atoms with Gasteiger partial charge in [0.15, 0.2) is 0 Å². The number of carboxylic acid groups (broad SMARTS) is 2. The fourth-order valence-corrected chi connectivity index (χ4v) is 5.48. The van der Waals surface area contributed by atoms with Crippen LogP contribution in [0.1, 0.15) is 37.7 Å². The first kappa shape index (κ1) is 19.6. The second-order valence-electron chi connectivity index (χ2n) is 8.22. The van der Waals surface area contributed by atoms with E-state index >= 15 is 0 Å². The van der Waals surface area contributed by atoms with Crippen molar-refractivity contribution in [2.24, 2.45) is 29.6 Å². The van der Waals surface area contributed by atoms with Gasteiger partial charge < -0.3 is 15.5 Å². The summed E-state index contributed by atoms with van der Waals surface area (Å²) in [4.78, 5) is 19.1. The molecular weight excluding hydrogens is 342 g/mol. The molecule has 3 aliphatic rings. The molecule has 3 N–H and O–H groups in total. The molecule has 0 aliphatic heterocycles. The maximum Gasteiger partial charge on any atom is 0.328 e. The number of fused-ring (bicyclic) bond motifs is 2. The van der Waals surface area contributed by atoms with Gasteiger partial charge in [0.2, 0.25) is 0 Å². The standard InChI is InChI=1S/C18H25N.C4H4O4/c1-2-4-13(5-3-1)11-19-12-17-9-14-6-15-8-16(7-14)18(17)10-15;5-3(6)1-2-4(7)8/h1-5,14-19H,6-12H2;1-2H,(H,5,6)(H,7,8)/b;2-1-. The summed E-state index contributed by atoms with van der Waals surface area (Å²) >= 11 is 0. The molecule has 0 heterocycles. The summed E-state index contributed by atoms with van der Waals surface area (Å²) in [5, 5.41) is 19.3. The molecule has 146 valence electrons. The molecule has 5 heteroatoms. The Hall–Kier alpha value is -2.14. The topological polar surface area (TPSA) is 86.6 Å². The second-order valence-corrected chi connectivity index (χ2v) is 8.22. The van der Waals surface area contributed by atoms with E-state index < -0.39 is 11.9 Å². The van der Waals surface area contributed by atoms with Gasteiger partial charge in [0.05, 0.1) is 0 Å². The number of aliphatic carboxylic acids is 2. The molecule has 0 saturated heterocycles. The summed E-state index contributed by atoms with van der Waals surface area (Å²) in [5.74, 6) is 2.80. The van der Waals surface area contributed by atoms with E-state index in [0.717, 1.165) is 36.1 Å². The number of hydrogen-bond acceptors (Lipinski definition) is 3. The minimum atomic E-state index is -1.26. The van der Waals surface area contributed by atoms with Gasteiger partial charge in [0.25, 0.3) is 0 Å². The van der Waals surface area contributed by atoms with Crippen LogP contribution in [0.4, 0.5) is 0 Å². The third kappa shape index (κ3) is 5.67. The van der Waals surface area contributed by atoms with Crippen molar-refractivity contribution in [2.45, 2.75) is 38.6 Å². The van der Waals surface area contributed by atoms with Crippen LogP contribution in [0, 0.1) is 29.6 Å². The maximum absolute atomic E-state index is 9.55. The Morgan fingerprint density at radius 2 is 1.56 bits per heavy atom. The van der Waals surface area contributed by atoms with Gasteiger partial charge in [-0.3, -0.25) is 0 Å². The van der Waals surface area contributed by atoms with Crippen LogP contribution in [0.15, 0.2) is 42.5 Å². The molecule has 3 fully saturated rings. The lowest BCUT2D eigenvalue weighted by Crippen LogP contribution is -2.36. The molecule has 3 saturated carbocycles. The molecule has 1 aromatic carbocycles. The first-order chi connectivity index (χ1) is 13.0. The number of benzene rings is 1. The summed E-state index contributed by atoms with van der Waals surface area (Å²) in [6, 6.07) is 10.8. The summed E-state index contributed by atoms with van der Waals surface area (Å²) < 4.78 is 0. The van der Waals surface area contributed by atoms with E-state index in [1.807, 2.05) is 0 Å². The highest BCUT2D eigenvalue weighted by Gasteiger charge is 2.48. The monoisotopic (exact) mass is 371 g/mol. The average Bonchev–Trinajstić information content (AvgIpc) is 2.87. The van der Waals surface area contributed by atoms with Crippen molar-refractivity contribution in [1.29, 1.82) is 0 Å². The van der Waals surface area contributed by atoms with Gasteiger partial charge >= 0.3 is 11.9 Å². The fourth-order valence-electron chi connectivity index (χ4n) is 5.48. The molecule has 3 aliphatic carbocycles. The molecule has 5 unspecified atom stereocenters. The maximum atomic E-state index is 9.55. The first-order valence-corrected chi connectivity index (χ1v) is 9.89. The van der Waals surface area contributed by atoms with Crippen LogP contribution < -0.4 is 5.32 Å². The third-order valence-electron chi connectivity index (χ3n) is 6.34. The van der Waals surface area contributed by atoms with Gasteiger partial charge in [-0.25, -0.2) is 9.59 Å². The fraction of sp³-hybridized carbons (Fsp3) is 0.545. The predicted molar refractivity (Wildman–Crippen MR) is 103 cm³/mol. The Kier molecular flexibility index (Phi) is 6.67. The van der Waals surface area contributed by atoms with Crippen molar-refractivity contribution in [3.8, 4) is 0 Å². The van der Waals surface area contributed by atoms with Crippen molar-refractivity contribution >= 4 is 11.9 Å². The third-order valence-corrected chi connectivity index (χ3v) is 6.34. The summed E-state index contributed by atoms with van der Waals surface area (Å²) in [6.07, 6.45) is 8.87. The smallest absolute Gasteiger partial charge is 0.328 e. The Balaban J connectivity index is 0.000000226. The Morgan fingerprint density at radius 1 is 0.926 bits per heavy atom. The zero-order chi connectivity index (χ0) is 19.2. The van der Waals surface area contributed by atoms with Crippen molar-refractivity contribution in [1.82, 2.24) is 5.32 Å². The minimum absolute atomic E-state index is 0.558. The lowest BCUT2D eigenvalue weighted by atomic mass is 9.67. The zero-order valence-corrected chi connectivity index (χ0v) is 15.6. The number of hydrogen-bond donors (Lipinski definition) is 3. The average molecular weight is 371 g/mol. The molecule has 3 bridgehead atoms. The summed E-state index contributed by atoms with van der Waals surface area (Å²) in [7, 11) is 0. The predicted octanol–water partition coefficient (Wildman–Crippen LogP) is 3.56. The second kappa shape index (κ2) is 9.18. The molecule has 0 radical (unpaired) electrons. The Bertz CT molecular complexity index is 654. The highest BCUT2D eigenvalue weighted by molar-refractivity contribution is 5.89. The summed E-state index contributed by atoms with van der Waals surface area (Å²) in [6.45, 7) is 2.29. The highest BCUT2D eigenvalue weighted by Crippen LogP contribution is 2.57. The van der Waals surface area contributed by atoms with Gasteiger partial charge in [-0.2, -0.15) is 0 Å². The van der Waals surface area contributed by atoms with Gasteiger partial charge in [-0.15, -0.1) is 0 Å². The van der Waals surface area contributed by atoms with E-state index in [9.17, 15) is 9.59 Å². The SMILES string of the molecule is O=C(O)/C=C\C(=O)O.c1ccc(CNCC2CC3CC4CC(C3)C2C4)cc1. The lowest BCUT2D eigenvalue weighted by Gasteiger charge is -2.39. The number of rotatable bonds is 6. The van der Waals surface area contributed by atoms with Crippen molar-refractivity contribution in [3.63, 3.8) is 0 Å². The van der Waals surface area contributed by atoms with Crippen molar-refractivity contribution < 1.29 is 19.8 Å². The van der Waals surface area contributed by atoms with Crippen LogP contribution in [0.2, 0.25) is 0 Å². The normalized spacial score (nSPS) is 30.7. The quantitative estimate of drug-likeness (QED) is 0.666. The Labute approximate surface area is 160 Å². The molecule has 27 heavy (non-hydrogen) atoms. The van der Waals surface area contributed by atoms with Crippen LogP contribution in [-0.4, -0.2) is 28.7 Å². The van der Waals surface area contributed by atoms with Crippen LogP contribution in [0.25, 0.3) is 0 Å². The number of nitrogens with one attached hydrogen (secondary N) is 1. The zero-order valence-electron chi connectivity index (χ0n) is 15.6. The van der Waals surface area contributed by atoms with Gasteiger partial charge in [0.1, 0.15) is 0 Å². The molecule has 4 rings (SSSR count). The van der Waals surface area contributed by atoms with Crippen LogP contribution >= 0.6 is 0 Å². The van der Waals surface area contributed by atoms with E-state index in [1.54, 1.807) is 25.7 Å². The lowest BCUT2D eigenvalue weighted by molar-refractivity contribution is -0.134. The van der Waals surface area contributed by atoms with Crippen molar-refractivity contribution in [3.05, 3.63) is 48.0 Å². The van der Waals surface area contributed by atoms with Gasteiger partial charge in [-0.05, 0) is 73.8 Å². The largest absolute Gasteiger partial charge is 0.478 e. The van der Waals surface area contributed by atoms with Gasteiger partial charge in [0, 0.05) is 18.7 Å². The first-order valence-electron chi connectivity index (χ1n) is 9.89. The number of carbonyl (C=O) groups is 2. The highest BCUT2D eigenvalue weighted by atomic mass is 16.4. The van der Waals surface area contributed by atoms with E-state index in [2.05, 4.69) is 35.6 Å². The molecular formula is C22H29NO4. The summed E-state index contributed by atoms with van der Waals surface area (Å²) in [5.41, 5.74) is 1.42. The molecule has 5 atom stereocenters. The molecule has 0 amide bonds. The number of carboxylic acids is 2. The van der Waals surface area contributed by atoms with Gasteiger partial charge in [-0.1, -0.05) is 30.3 Å². The Morgan fingerprint density at radius 3 is 2.19 bits per heavy atom. The van der Waals surface area contributed by atoms with E-state index in [1.165, 1.54) is 18.5 Å². The van der Waals surface area contributed by atoms with Crippen molar-refractivity contribution in [2.75, 3.05) is 6.54 Å². The minimum Gasteiger partial charge on any atom is -0.478 e. The van der Waals surface area contributed by atoms with Crippen LogP contribution in [0.5, 0.6) is 0 Å². The molecule has 0 aromatic heterocycles. The van der Waals surface area contributed by atoms with E-state index in [0.29, 0.717) is 12.2 Å². The van der Waals surface area contributed by atoms with E-state index in [4.69, 9.17) is 10.2 Å². The molecule has 0 spiro atoms. The van der Waals surface area contributed by atoms with Crippen LogP contribution in [0.3, 0.4) is 0 Å². The molecule has 5 nitrogen and oxygen atoms in total. The van der Waals surface area contributed by atoms with E-state index in [-0.39, 0.29) is 0 Å². The molecule has 1 aromatic rings. The van der Waals surface area contributed by atoms with Crippen LogP contribution in [-0.2, 0) is 16.1 Å².